The van der Waals surface area contributed by atoms with Crippen molar-refractivity contribution in [3.63, 3.8) is 0 Å². The maximum absolute atomic E-state index is 12.4. The molecule has 0 aliphatic carbocycles. The SMILES string of the molecule is COc1ccc(CN(C)S(=O)(=O)N2CCCC2)cc1[N+](=O)[O-]. The molecule has 9 heteroatoms. The van der Waals surface area contributed by atoms with Crippen LogP contribution in [0.2, 0.25) is 0 Å². The molecule has 1 fully saturated rings. The van der Waals surface area contributed by atoms with Crippen LogP contribution in [0, 0.1) is 10.1 Å². The highest BCUT2D eigenvalue weighted by Gasteiger charge is 2.29. The van der Waals surface area contributed by atoms with Crippen LogP contribution in [0.4, 0.5) is 5.69 Å². The molecule has 1 heterocycles. The summed E-state index contributed by atoms with van der Waals surface area (Å²) >= 11 is 0. The van der Waals surface area contributed by atoms with Gasteiger partial charge in [-0.1, -0.05) is 6.07 Å². The van der Waals surface area contributed by atoms with E-state index in [4.69, 9.17) is 4.74 Å². The molecule has 2 rings (SSSR count). The summed E-state index contributed by atoms with van der Waals surface area (Å²) in [5, 5.41) is 11.0. The summed E-state index contributed by atoms with van der Waals surface area (Å²) in [5.41, 5.74) is 0.366. The molecule has 0 atom stereocenters. The summed E-state index contributed by atoms with van der Waals surface area (Å²) < 4.78 is 32.3. The zero-order valence-corrected chi connectivity index (χ0v) is 13.4. The lowest BCUT2D eigenvalue weighted by atomic mass is 10.2. The van der Waals surface area contributed by atoms with E-state index in [0.29, 0.717) is 18.7 Å². The number of hydrogen-bond donors (Lipinski definition) is 0. The fraction of sp³-hybridized carbons (Fsp3) is 0.538. The van der Waals surface area contributed by atoms with Crippen LogP contribution in [0.5, 0.6) is 5.75 Å². The first-order valence-corrected chi connectivity index (χ1v) is 8.28. The van der Waals surface area contributed by atoms with Crippen molar-refractivity contribution >= 4 is 15.9 Å². The quantitative estimate of drug-likeness (QED) is 0.580. The van der Waals surface area contributed by atoms with E-state index >= 15 is 0 Å². The summed E-state index contributed by atoms with van der Waals surface area (Å²) in [5.74, 6) is 0.152. The molecule has 1 aromatic rings. The molecule has 1 aliphatic heterocycles. The average molecular weight is 329 g/mol. The minimum absolute atomic E-state index is 0.0731. The van der Waals surface area contributed by atoms with Gasteiger partial charge in [0.25, 0.3) is 10.2 Å². The van der Waals surface area contributed by atoms with Gasteiger partial charge in [-0.2, -0.15) is 17.0 Å². The van der Waals surface area contributed by atoms with Crippen LogP contribution in [-0.2, 0) is 16.8 Å². The van der Waals surface area contributed by atoms with Gasteiger partial charge < -0.3 is 4.74 Å². The van der Waals surface area contributed by atoms with E-state index in [1.165, 1.54) is 34.9 Å². The molecule has 0 aromatic heterocycles. The number of methoxy groups -OCH3 is 1. The molecule has 0 bridgehead atoms. The third-order valence-electron chi connectivity index (χ3n) is 3.63. The highest BCUT2D eigenvalue weighted by molar-refractivity contribution is 7.86. The van der Waals surface area contributed by atoms with Crippen LogP contribution >= 0.6 is 0 Å². The standard InChI is InChI=1S/C13H19N3O5S/c1-14(22(19,20)15-7-3-4-8-15)10-11-5-6-13(21-2)12(9-11)16(17)18/h5-6,9H,3-4,7-8,10H2,1-2H3. The fourth-order valence-electron chi connectivity index (χ4n) is 2.43. The summed E-state index contributed by atoms with van der Waals surface area (Å²) in [6, 6.07) is 4.44. The first-order valence-electron chi connectivity index (χ1n) is 6.89. The van der Waals surface area contributed by atoms with Gasteiger partial charge in [-0.25, -0.2) is 0 Å². The second-order valence-electron chi connectivity index (χ2n) is 5.13. The number of rotatable bonds is 6. The lowest BCUT2D eigenvalue weighted by Crippen LogP contribution is -2.39. The van der Waals surface area contributed by atoms with Crippen molar-refractivity contribution in [3.05, 3.63) is 33.9 Å². The van der Waals surface area contributed by atoms with E-state index in [9.17, 15) is 18.5 Å². The summed E-state index contributed by atoms with van der Waals surface area (Å²) in [4.78, 5) is 10.5. The van der Waals surface area contributed by atoms with Crippen molar-refractivity contribution in [2.45, 2.75) is 19.4 Å². The maximum atomic E-state index is 12.4. The van der Waals surface area contributed by atoms with E-state index in [0.717, 1.165) is 12.8 Å². The van der Waals surface area contributed by atoms with Gasteiger partial charge in [-0.05, 0) is 24.5 Å². The van der Waals surface area contributed by atoms with E-state index in [-0.39, 0.29) is 18.0 Å². The second-order valence-corrected chi connectivity index (χ2v) is 7.17. The van der Waals surface area contributed by atoms with Crippen LogP contribution in [-0.4, -0.2) is 49.2 Å². The Balaban J connectivity index is 2.19. The number of nitrogens with zero attached hydrogens (tertiary/aromatic N) is 3. The van der Waals surface area contributed by atoms with Crippen molar-refractivity contribution in [1.29, 1.82) is 0 Å². The van der Waals surface area contributed by atoms with Crippen molar-refractivity contribution in [2.24, 2.45) is 0 Å². The minimum atomic E-state index is -3.52. The van der Waals surface area contributed by atoms with Crippen LogP contribution in [0.25, 0.3) is 0 Å². The average Bonchev–Trinajstić information content (AvgIpc) is 3.01. The van der Waals surface area contributed by atoms with Gasteiger partial charge in [0.1, 0.15) is 0 Å². The zero-order chi connectivity index (χ0) is 16.3. The maximum Gasteiger partial charge on any atom is 0.311 e. The molecule has 0 radical (unpaired) electrons. The van der Waals surface area contributed by atoms with E-state index < -0.39 is 15.1 Å². The Kier molecular flexibility index (Phi) is 4.99. The molecule has 0 N–H and O–H groups in total. The first kappa shape index (κ1) is 16.7. The molecule has 122 valence electrons. The third kappa shape index (κ3) is 3.37. The molecule has 0 saturated carbocycles. The normalized spacial score (nSPS) is 16.1. The molecule has 0 unspecified atom stereocenters. The van der Waals surface area contributed by atoms with Crippen molar-refractivity contribution in [1.82, 2.24) is 8.61 Å². The molecular weight excluding hydrogens is 310 g/mol. The largest absolute Gasteiger partial charge is 0.490 e. The van der Waals surface area contributed by atoms with Gasteiger partial charge >= 0.3 is 5.69 Å². The zero-order valence-electron chi connectivity index (χ0n) is 12.6. The number of hydrogen-bond acceptors (Lipinski definition) is 5. The topological polar surface area (TPSA) is 93.0 Å². The van der Waals surface area contributed by atoms with Crippen LogP contribution in [0.3, 0.4) is 0 Å². The number of nitro groups is 1. The Labute approximate surface area is 129 Å². The van der Waals surface area contributed by atoms with E-state index in [1.54, 1.807) is 6.07 Å². The van der Waals surface area contributed by atoms with Gasteiger partial charge in [-0.3, -0.25) is 10.1 Å². The second kappa shape index (κ2) is 6.59. The molecular formula is C13H19N3O5S. The number of nitro benzene ring substituents is 1. The predicted molar refractivity (Wildman–Crippen MR) is 80.8 cm³/mol. The fourth-order valence-corrected chi connectivity index (χ4v) is 3.86. The lowest BCUT2D eigenvalue weighted by Gasteiger charge is -2.23. The van der Waals surface area contributed by atoms with Gasteiger partial charge in [0, 0.05) is 32.7 Å². The van der Waals surface area contributed by atoms with Gasteiger partial charge in [-0.15, -0.1) is 0 Å². The van der Waals surface area contributed by atoms with Crippen LogP contribution < -0.4 is 4.74 Å². The summed E-state index contributed by atoms with van der Waals surface area (Å²) in [6.45, 7) is 1.12. The highest BCUT2D eigenvalue weighted by atomic mass is 32.2. The Bertz CT molecular complexity index is 656. The summed E-state index contributed by atoms with van der Waals surface area (Å²) in [7, 11) is -0.691. The smallest absolute Gasteiger partial charge is 0.311 e. The lowest BCUT2D eigenvalue weighted by molar-refractivity contribution is -0.385. The Morgan fingerprint density at radius 2 is 2.00 bits per heavy atom. The predicted octanol–water partition coefficient (Wildman–Crippen LogP) is 1.38. The molecule has 0 spiro atoms. The minimum Gasteiger partial charge on any atom is -0.490 e. The van der Waals surface area contributed by atoms with E-state index in [1.807, 2.05) is 0 Å². The molecule has 1 saturated heterocycles. The van der Waals surface area contributed by atoms with Gasteiger partial charge in [0.2, 0.25) is 0 Å². The molecule has 1 aromatic carbocycles. The van der Waals surface area contributed by atoms with Crippen LogP contribution in [0.1, 0.15) is 18.4 Å². The van der Waals surface area contributed by atoms with Crippen molar-refractivity contribution < 1.29 is 18.1 Å². The van der Waals surface area contributed by atoms with E-state index in [2.05, 4.69) is 0 Å². The Hall–Kier alpha value is -1.71. The first-order chi connectivity index (χ1) is 10.4. The molecule has 8 nitrogen and oxygen atoms in total. The monoisotopic (exact) mass is 329 g/mol. The number of benzene rings is 1. The molecule has 1 aliphatic rings. The number of ether oxygens (including phenoxy) is 1. The van der Waals surface area contributed by atoms with Gasteiger partial charge in [0.05, 0.1) is 12.0 Å². The Morgan fingerprint density at radius 3 is 2.55 bits per heavy atom. The molecule has 22 heavy (non-hydrogen) atoms. The molecule has 0 amide bonds. The van der Waals surface area contributed by atoms with Crippen LogP contribution in [0.15, 0.2) is 18.2 Å². The third-order valence-corrected chi connectivity index (χ3v) is 5.56. The summed E-state index contributed by atoms with van der Waals surface area (Å²) in [6.07, 6.45) is 1.72. The highest BCUT2D eigenvalue weighted by Crippen LogP contribution is 2.28. The van der Waals surface area contributed by atoms with Crippen molar-refractivity contribution in [2.75, 3.05) is 27.2 Å². The Morgan fingerprint density at radius 1 is 1.36 bits per heavy atom. The van der Waals surface area contributed by atoms with Gasteiger partial charge in [0.15, 0.2) is 5.75 Å². The van der Waals surface area contributed by atoms with Crippen molar-refractivity contribution in [3.8, 4) is 5.75 Å².